The Labute approximate surface area is 80.1 Å². The quantitative estimate of drug-likeness (QED) is 0.716. The number of thiocarbonyl (C=S) groups is 1. The van der Waals surface area contributed by atoms with Crippen LogP contribution in [0.4, 0.5) is 0 Å². The zero-order chi connectivity index (χ0) is 8.85. The summed E-state index contributed by atoms with van der Waals surface area (Å²) in [6.07, 6.45) is 0. The van der Waals surface area contributed by atoms with Crippen LogP contribution in [0.3, 0.4) is 0 Å². The summed E-state index contributed by atoms with van der Waals surface area (Å²) in [5.41, 5.74) is 5.50. The van der Waals surface area contributed by atoms with E-state index >= 15 is 0 Å². The molecule has 0 aliphatic rings. The Hall–Kier alpha value is -0.290. The van der Waals surface area contributed by atoms with Gasteiger partial charge in [0.2, 0.25) is 0 Å². The third-order valence-corrected chi connectivity index (χ3v) is 1.53. The van der Waals surface area contributed by atoms with Gasteiger partial charge in [0.05, 0.1) is 6.61 Å². The average Bonchev–Trinajstić information content (AvgIpc) is 1.87. The topological polar surface area (TPSA) is 47.3 Å². The molecule has 0 aliphatic carbocycles. The lowest BCUT2D eigenvalue weighted by Gasteiger charge is -2.07. The minimum Gasteiger partial charge on any atom is -0.471 e. The van der Waals surface area contributed by atoms with Crippen molar-refractivity contribution in [2.75, 3.05) is 6.61 Å². The molecule has 0 bridgehead atoms. The highest BCUT2D eigenvalue weighted by Crippen LogP contribution is 2.03. The molecule has 0 rings (SSSR count). The summed E-state index contributed by atoms with van der Waals surface area (Å²) in [6.45, 7) is 4.21. The number of hydrogen-bond acceptors (Lipinski definition) is 3. The maximum absolute atomic E-state index is 5.50. The van der Waals surface area contributed by atoms with E-state index in [0.717, 1.165) is 4.48 Å². The van der Waals surface area contributed by atoms with Gasteiger partial charge in [0.1, 0.15) is 5.82 Å². The van der Waals surface area contributed by atoms with Crippen LogP contribution >= 0.6 is 28.1 Å². The van der Waals surface area contributed by atoms with E-state index in [-0.39, 0.29) is 0 Å². The molecule has 0 aromatic heterocycles. The van der Waals surface area contributed by atoms with Gasteiger partial charge in [-0.15, -0.1) is 0 Å². The van der Waals surface area contributed by atoms with E-state index in [0.29, 0.717) is 17.6 Å². The van der Waals surface area contributed by atoms with Crippen molar-refractivity contribution in [1.82, 2.24) is 5.32 Å². The van der Waals surface area contributed by atoms with Gasteiger partial charge < -0.3 is 15.8 Å². The van der Waals surface area contributed by atoms with Crippen LogP contribution in [0.15, 0.2) is 10.3 Å². The first-order chi connectivity index (χ1) is 5.07. The van der Waals surface area contributed by atoms with Crippen molar-refractivity contribution in [2.24, 2.45) is 5.73 Å². The van der Waals surface area contributed by atoms with Crippen LogP contribution in [0.5, 0.6) is 0 Å². The normalized spacial score (nSPS) is 11.9. The number of nitrogens with one attached hydrogen (secondary N) is 1. The fourth-order valence-corrected chi connectivity index (χ4v) is 0.690. The first-order valence-corrected chi connectivity index (χ1v) is 4.33. The maximum atomic E-state index is 5.50. The molecular formula is C6H11BrN2OS. The molecule has 0 spiro atoms. The standard InChI is InChI=1S/C6H11BrN2OS/c1-3-10-6(11)9-5(8)4(2)7/h3,8H2,1-2H3,(H,9,11)/b5-4-. The summed E-state index contributed by atoms with van der Waals surface area (Å²) >= 11 is 7.98. The molecule has 0 aliphatic heterocycles. The molecule has 0 heterocycles. The zero-order valence-corrected chi connectivity index (χ0v) is 8.88. The molecule has 3 N–H and O–H groups in total. The van der Waals surface area contributed by atoms with E-state index in [2.05, 4.69) is 21.2 Å². The smallest absolute Gasteiger partial charge is 0.262 e. The molecule has 0 unspecified atom stereocenters. The molecule has 64 valence electrons. The summed E-state index contributed by atoms with van der Waals surface area (Å²) in [4.78, 5) is 0. The summed E-state index contributed by atoms with van der Waals surface area (Å²) in [5.74, 6) is 0.475. The molecule has 0 aromatic carbocycles. The average molecular weight is 239 g/mol. The van der Waals surface area contributed by atoms with Gasteiger partial charge in [0.25, 0.3) is 5.17 Å². The van der Waals surface area contributed by atoms with E-state index in [9.17, 15) is 0 Å². The first-order valence-electron chi connectivity index (χ1n) is 3.13. The van der Waals surface area contributed by atoms with E-state index < -0.39 is 0 Å². The van der Waals surface area contributed by atoms with Crippen molar-refractivity contribution in [1.29, 1.82) is 0 Å². The van der Waals surface area contributed by atoms with Gasteiger partial charge in [0.15, 0.2) is 0 Å². The van der Waals surface area contributed by atoms with Crippen LogP contribution in [0.25, 0.3) is 0 Å². The van der Waals surface area contributed by atoms with Crippen molar-refractivity contribution in [3.05, 3.63) is 10.3 Å². The molecule has 0 amide bonds. The van der Waals surface area contributed by atoms with Crippen LogP contribution in [-0.2, 0) is 4.74 Å². The van der Waals surface area contributed by atoms with Crippen LogP contribution in [-0.4, -0.2) is 11.8 Å². The van der Waals surface area contributed by atoms with Gasteiger partial charge in [-0.3, -0.25) is 0 Å². The Morgan fingerprint density at radius 1 is 1.73 bits per heavy atom. The fraction of sp³-hybridized carbons (Fsp3) is 0.500. The molecule has 0 fully saturated rings. The summed E-state index contributed by atoms with van der Waals surface area (Å²) < 4.78 is 5.75. The van der Waals surface area contributed by atoms with Crippen molar-refractivity contribution >= 4 is 33.3 Å². The van der Waals surface area contributed by atoms with Gasteiger partial charge >= 0.3 is 0 Å². The molecular weight excluding hydrogens is 228 g/mol. The summed E-state index contributed by atoms with van der Waals surface area (Å²) in [6, 6.07) is 0. The lowest BCUT2D eigenvalue weighted by molar-refractivity contribution is 0.324. The third-order valence-electron chi connectivity index (χ3n) is 0.883. The second-order valence-corrected chi connectivity index (χ2v) is 3.35. The largest absolute Gasteiger partial charge is 0.471 e. The van der Waals surface area contributed by atoms with Crippen molar-refractivity contribution in [3.63, 3.8) is 0 Å². The highest BCUT2D eigenvalue weighted by Gasteiger charge is 1.97. The monoisotopic (exact) mass is 238 g/mol. The lowest BCUT2D eigenvalue weighted by atomic mass is 10.6. The molecule has 0 saturated heterocycles. The number of halogens is 1. The SMILES string of the molecule is CCOC(=S)N/C(N)=C(/C)Br. The van der Waals surface area contributed by atoms with Gasteiger partial charge in [-0.1, -0.05) is 15.9 Å². The molecule has 5 heteroatoms. The van der Waals surface area contributed by atoms with Crippen LogP contribution < -0.4 is 11.1 Å². The second kappa shape index (κ2) is 5.37. The van der Waals surface area contributed by atoms with E-state index in [4.69, 9.17) is 22.7 Å². The van der Waals surface area contributed by atoms with Crippen molar-refractivity contribution in [2.45, 2.75) is 13.8 Å². The second-order valence-electron chi connectivity index (χ2n) is 1.79. The summed E-state index contributed by atoms with van der Waals surface area (Å²) in [7, 11) is 0. The van der Waals surface area contributed by atoms with E-state index in [1.54, 1.807) is 0 Å². The van der Waals surface area contributed by atoms with Gasteiger partial charge in [-0.2, -0.15) is 0 Å². The Balaban J connectivity index is 3.86. The van der Waals surface area contributed by atoms with Gasteiger partial charge in [-0.05, 0) is 26.1 Å². The molecule has 0 radical (unpaired) electrons. The fourth-order valence-electron chi connectivity index (χ4n) is 0.363. The molecule has 11 heavy (non-hydrogen) atoms. The number of nitrogens with two attached hydrogens (primary N) is 1. The Kier molecular flexibility index (Phi) is 5.23. The number of ether oxygens (including phenoxy) is 1. The van der Waals surface area contributed by atoms with Crippen LogP contribution in [0, 0.1) is 0 Å². The first kappa shape index (κ1) is 10.7. The third kappa shape index (κ3) is 5.03. The van der Waals surface area contributed by atoms with E-state index in [1.807, 2.05) is 13.8 Å². The highest BCUT2D eigenvalue weighted by molar-refractivity contribution is 9.11. The zero-order valence-electron chi connectivity index (χ0n) is 6.48. The number of allylic oxidation sites excluding steroid dienone is 1. The Morgan fingerprint density at radius 3 is 2.64 bits per heavy atom. The molecule has 3 nitrogen and oxygen atoms in total. The molecule has 0 saturated carbocycles. The van der Waals surface area contributed by atoms with Gasteiger partial charge in [0, 0.05) is 4.48 Å². The van der Waals surface area contributed by atoms with E-state index in [1.165, 1.54) is 0 Å². The van der Waals surface area contributed by atoms with Crippen molar-refractivity contribution < 1.29 is 4.74 Å². The predicted octanol–water partition coefficient (Wildman–Crippen LogP) is 1.44. The van der Waals surface area contributed by atoms with Crippen molar-refractivity contribution in [3.8, 4) is 0 Å². The number of hydrogen-bond donors (Lipinski definition) is 2. The summed E-state index contributed by atoms with van der Waals surface area (Å²) in [5, 5.41) is 3.00. The Morgan fingerprint density at radius 2 is 2.27 bits per heavy atom. The Bertz CT molecular complexity index is 177. The lowest BCUT2D eigenvalue weighted by Crippen LogP contribution is -2.28. The van der Waals surface area contributed by atoms with Gasteiger partial charge in [-0.25, -0.2) is 0 Å². The predicted molar refractivity (Wildman–Crippen MR) is 53.2 cm³/mol. The van der Waals surface area contributed by atoms with Crippen LogP contribution in [0.2, 0.25) is 0 Å². The molecule has 0 aromatic rings. The minimum absolute atomic E-state index is 0.295. The highest BCUT2D eigenvalue weighted by atomic mass is 79.9. The minimum atomic E-state index is 0.295. The maximum Gasteiger partial charge on any atom is 0.262 e. The van der Waals surface area contributed by atoms with Crippen LogP contribution in [0.1, 0.15) is 13.8 Å². The number of rotatable bonds is 2. The molecule has 0 atom stereocenters.